The highest BCUT2D eigenvalue weighted by Crippen LogP contribution is 2.23. The first-order chi connectivity index (χ1) is 9.95. The smallest absolute Gasteiger partial charge is 0.220 e. The number of amides is 1. The molecule has 1 amide bonds. The van der Waals surface area contributed by atoms with Gasteiger partial charge in [-0.05, 0) is 18.3 Å². The molecule has 0 heterocycles. The van der Waals surface area contributed by atoms with E-state index in [-0.39, 0.29) is 12.7 Å². The van der Waals surface area contributed by atoms with Gasteiger partial charge in [0, 0.05) is 25.9 Å². The lowest BCUT2D eigenvalue weighted by Crippen LogP contribution is -2.26. The fourth-order valence-corrected chi connectivity index (χ4v) is 3.92. The van der Waals surface area contributed by atoms with Crippen LogP contribution in [0.3, 0.4) is 0 Å². The fourth-order valence-electron chi connectivity index (χ4n) is 1.87. The van der Waals surface area contributed by atoms with Gasteiger partial charge in [0.05, 0.1) is 0 Å². The van der Waals surface area contributed by atoms with E-state index in [4.69, 9.17) is 0 Å². The molecule has 0 aliphatic carbocycles. The topological polar surface area (TPSA) is 29.1 Å². The molecule has 21 heavy (non-hydrogen) atoms. The van der Waals surface area contributed by atoms with E-state index in [1.54, 1.807) is 0 Å². The van der Waals surface area contributed by atoms with Crippen LogP contribution in [-0.4, -0.2) is 24.0 Å². The van der Waals surface area contributed by atoms with Gasteiger partial charge in [0.15, 0.2) is 0 Å². The Morgan fingerprint density at radius 1 is 1.00 bits per heavy atom. The van der Waals surface area contributed by atoms with E-state index in [2.05, 4.69) is 33.0 Å². The van der Waals surface area contributed by atoms with Crippen molar-refractivity contribution in [2.24, 2.45) is 5.41 Å². The third kappa shape index (κ3) is 18.1. The maximum Gasteiger partial charge on any atom is 0.220 e. The van der Waals surface area contributed by atoms with Crippen molar-refractivity contribution in [3.63, 3.8) is 0 Å². The normalized spacial score (nSPS) is 11.6. The minimum absolute atomic E-state index is 0. The average molecular weight is 336 g/mol. The van der Waals surface area contributed by atoms with E-state index in [1.165, 1.54) is 44.3 Å². The Balaban J connectivity index is 0. The monoisotopic (exact) mass is 335 g/mol. The van der Waals surface area contributed by atoms with E-state index < -0.39 is 0 Å². The van der Waals surface area contributed by atoms with Crippen LogP contribution in [-0.2, 0) is 4.79 Å². The van der Waals surface area contributed by atoms with Crippen LogP contribution >= 0.6 is 21.6 Å². The quantitative estimate of drug-likeness (QED) is 0.335. The van der Waals surface area contributed by atoms with Gasteiger partial charge < -0.3 is 5.32 Å². The summed E-state index contributed by atoms with van der Waals surface area (Å²) in [4.78, 5) is 11.6. The number of rotatable bonds is 13. The van der Waals surface area contributed by atoms with E-state index in [0.29, 0.717) is 6.42 Å². The van der Waals surface area contributed by atoms with Crippen LogP contribution in [0, 0.1) is 5.41 Å². The minimum atomic E-state index is 0. The maximum absolute atomic E-state index is 11.6. The fraction of sp³-hybridized carbons (Fsp3) is 0.941. The highest BCUT2D eigenvalue weighted by atomic mass is 33.1. The van der Waals surface area contributed by atoms with Crippen LogP contribution < -0.4 is 5.32 Å². The molecule has 0 radical (unpaired) electrons. The Bertz CT molecular complexity index is 258. The van der Waals surface area contributed by atoms with Crippen molar-refractivity contribution in [3.05, 3.63) is 0 Å². The van der Waals surface area contributed by atoms with Gasteiger partial charge in [-0.15, -0.1) is 0 Å². The molecule has 4 heteroatoms. The number of nitrogens with one attached hydrogen (secondary N) is 1. The number of carbonyl (C=O) groups excluding carboxylic acids is 1. The van der Waals surface area contributed by atoms with Gasteiger partial charge in [-0.1, -0.05) is 81.4 Å². The van der Waals surface area contributed by atoms with Crippen LogP contribution in [0.1, 0.15) is 80.5 Å². The SMILES string of the molecule is CCCCCCCCSSCCNC(=O)CCC(C)(C)C.[HH]. The molecule has 0 rings (SSSR count). The summed E-state index contributed by atoms with van der Waals surface area (Å²) >= 11 is 0. The molecule has 0 aromatic rings. The van der Waals surface area contributed by atoms with Gasteiger partial charge >= 0.3 is 0 Å². The predicted octanol–water partition coefficient (Wildman–Crippen LogP) is 5.92. The molecule has 0 aromatic heterocycles. The number of hydrogen-bond donors (Lipinski definition) is 1. The summed E-state index contributed by atoms with van der Waals surface area (Å²) in [5.41, 5.74) is 0.249. The van der Waals surface area contributed by atoms with Crippen LogP contribution in [0.25, 0.3) is 0 Å². The second-order valence-corrected chi connectivity index (χ2v) is 9.52. The Morgan fingerprint density at radius 3 is 2.29 bits per heavy atom. The Hall–Kier alpha value is 0.170. The summed E-state index contributed by atoms with van der Waals surface area (Å²) in [5, 5.41) is 3.01. The van der Waals surface area contributed by atoms with Crippen molar-refractivity contribution in [3.8, 4) is 0 Å². The zero-order chi connectivity index (χ0) is 16.0. The standard InChI is InChI=1S/C17H35NOS2.H2/c1-5-6-7-8-9-10-14-20-21-15-13-18-16(19)11-12-17(2,3)4;/h5-15H2,1-4H3,(H,18,19);1H. The molecule has 0 atom stereocenters. The maximum atomic E-state index is 11.6. The van der Waals surface area contributed by atoms with Crippen molar-refractivity contribution < 1.29 is 6.22 Å². The highest BCUT2D eigenvalue weighted by molar-refractivity contribution is 8.76. The van der Waals surface area contributed by atoms with Gasteiger partial charge in [-0.25, -0.2) is 0 Å². The average Bonchev–Trinajstić information content (AvgIpc) is 2.42. The second-order valence-electron chi connectivity index (χ2n) is 6.82. The molecular formula is C17H37NOS2. The second kappa shape index (κ2) is 13.8. The van der Waals surface area contributed by atoms with Gasteiger partial charge in [0.1, 0.15) is 0 Å². The van der Waals surface area contributed by atoms with Gasteiger partial charge in [0.25, 0.3) is 0 Å². The number of hydrogen-bond acceptors (Lipinski definition) is 3. The lowest BCUT2D eigenvalue weighted by Gasteiger charge is -2.17. The number of carbonyl (C=O) groups is 1. The first kappa shape index (κ1) is 21.2. The summed E-state index contributed by atoms with van der Waals surface area (Å²) in [6, 6.07) is 0. The lowest BCUT2D eigenvalue weighted by molar-refractivity contribution is -0.121. The van der Waals surface area contributed by atoms with E-state index >= 15 is 0 Å². The van der Waals surface area contributed by atoms with Crippen molar-refractivity contribution in [1.29, 1.82) is 0 Å². The lowest BCUT2D eigenvalue weighted by atomic mass is 9.90. The number of unbranched alkanes of at least 4 members (excludes halogenated alkanes) is 5. The van der Waals surface area contributed by atoms with E-state index in [1.807, 2.05) is 21.6 Å². The Kier molecular flexibility index (Phi) is 13.9. The molecule has 0 fully saturated rings. The minimum Gasteiger partial charge on any atom is -0.355 e. The van der Waals surface area contributed by atoms with Crippen molar-refractivity contribution >= 4 is 27.5 Å². The van der Waals surface area contributed by atoms with Crippen LogP contribution in [0.5, 0.6) is 0 Å². The van der Waals surface area contributed by atoms with Gasteiger partial charge in [-0.3, -0.25) is 4.79 Å². The highest BCUT2D eigenvalue weighted by Gasteiger charge is 2.12. The molecular weight excluding hydrogens is 298 g/mol. The summed E-state index contributed by atoms with van der Waals surface area (Å²) in [6.07, 6.45) is 9.81. The van der Waals surface area contributed by atoms with Crippen LogP contribution in [0.4, 0.5) is 0 Å². The van der Waals surface area contributed by atoms with Crippen LogP contribution in [0.2, 0.25) is 0 Å². The summed E-state index contributed by atoms with van der Waals surface area (Å²) in [5.74, 6) is 2.46. The predicted molar refractivity (Wildman–Crippen MR) is 102 cm³/mol. The largest absolute Gasteiger partial charge is 0.355 e. The van der Waals surface area contributed by atoms with Gasteiger partial charge in [0.2, 0.25) is 5.91 Å². The zero-order valence-electron chi connectivity index (χ0n) is 14.5. The molecule has 128 valence electrons. The summed E-state index contributed by atoms with van der Waals surface area (Å²) in [7, 11) is 3.84. The summed E-state index contributed by atoms with van der Waals surface area (Å²) in [6.45, 7) is 9.59. The molecule has 0 aliphatic rings. The van der Waals surface area contributed by atoms with Crippen molar-refractivity contribution in [2.45, 2.75) is 79.1 Å². The first-order valence-electron chi connectivity index (χ1n) is 8.47. The third-order valence-electron chi connectivity index (χ3n) is 3.27. The molecule has 0 unspecified atom stereocenters. The molecule has 0 saturated heterocycles. The molecule has 1 N–H and O–H groups in total. The molecule has 0 bridgehead atoms. The van der Waals surface area contributed by atoms with Gasteiger partial charge in [-0.2, -0.15) is 0 Å². The van der Waals surface area contributed by atoms with Crippen molar-refractivity contribution in [2.75, 3.05) is 18.1 Å². The van der Waals surface area contributed by atoms with E-state index in [9.17, 15) is 4.79 Å². The summed E-state index contributed by atoms with van der Waals surface area (Å²) < 4.78 is 0. The molecule has 0 aliphatic heterocycles. The molecule has 0 spiro atoms. The van der Waals surface area contributed by atoms with Crippen LogP contribution in [0.15, 0.2) is 0 Å². The molecule has 2 nitrogen and oxygen atoms in total. The molecule has 0 aromatic carbocycles. The van der Waals surface area contributed by atoms with E-state index in [0.717, 1.165) is 18.7 Å². The van der Waals surface area contributed by atoms with Crippen molar-refractivity contribution in [1.82, 2.24) is 5.32 Å². The Labute approximate surface area is 141 Å². The third-order valence-corrected chi connectivity index (χ3v) is 5.77. The zero-order valence-corrected chi connectivity index (χ0v) is 16.1. The first-order valence-corrected chi connectivity index (χ1v) is 11.0. The Morgan fingerprint density at radius 2 is 1.62 bits per heavy atom. The molecule has 0 saturated carbocycles.